The molecule has 1 atom stereocenters. The second-order valence-corrected chi connectivity index (χ2v) is 7.34. The highest BCUT2D eigenvalue weighted by Crippen LogP contribution is 2.35. The van der Waals surface area contributed by atoms with Crippen LogP contribution in [0, 0.1) is 0 Å². The highest BCUT2D eigenvalue weighted by molar-refractivity contribution is 7.84. The molecule has 1 amide bonds. The number of aromatic nitrogens is 1. The van der Waals surface area contributed by atoms with Gasteiger partial charge in [0.05, 0.1) is 0 Å². The minimum Gasteiger partial charge on any atom is -0.304 e. The van der Waals surface area contributed by atoms with Gasteiger partial charge in [0, 0.05) is 41.8 Å². The molecule has 1 aromatic heterocycles. The van der Waals surface area contributed by atoms with E-state index >= 15 is 0 Å². The smallest absolute Gasteiger partial charge is 0.228 e. The first kappa shape index (κ1) is 18.8. The van der Waals surface area contributed by atoms with Gasteiger partial charge in [-0.2, -0.15) is 0 Å². The monoisotopic (exact) mass is 358 g/mol. The maximum Gasteiger partial charge on any atom is 0.228 e. The van der Waals surface area contributed by atoms with E-state index in [1.807, 2.05) is 25.2 Å². The fourth-order valence-corrected chi connectivity index (χ4v) is 3.36. The summed E-state index contributed by atoms with van der Waals surface area (Å²) in [5.74, 6) is 0.204. The molecule has 0 aliphatic heterocycles. The van der Waals surface area contributed by atoms with Gasteiger partial charge < -0.3 is 4.90 Å². The molecule has 0 aliphatic carbocycles. The van der Waals surface area contributed by atoms with Crippen LogP contribution in [-0.4, -0.2) is 34.2 Å². The standard InChI is InChI=1S/C15H19ClN2O2S2/c1-5-7-8-11(6-2)14-17-13(16)15(21-14)18(3)12(19)9-10-22(4)20/h5-8H,2,9-10H2,1,3-4H3/b7-5-,11-8+. The van der Waals surface area contributed by atoms with Crippen molar-refractivity contribution < 1.29 is 9.00 Å². The third-order valence-corrected chi connectivity index (χ3v) is 5.12. The van der Waals surface area contributed by atoms with E-state index in [0.29, 0.717) is 15.8 Å². The molecule has 0 spiro atoms. The minimum atomic E-state index is -0.994. The second kappa shape index (κ2) is 9.02. The van der Waals surface area contributed by atoms with Crippen LogP contribution in [0.5, 0.6) is 0 Å². The summed E-state index contributed by atoms with van der Waals surface area (Å²) in [5.41, 5.74) is 0.840. The Morgan fingerprint density at radius 2 is 2.23 bits per heavy atom. The van der Waals surface area contributed by atoms with Crippen LogP contribution in [0.15, 0.2) is 30.9 Å². The molecule has 0 saturated carbocycles. The molecule has 22 heavy (non-hydrogen) atoms. The van der Waals surface area contributed by atoms with Gasteiger partial charge in [-0.1, -0.05) is 53.8 Å². The molecule has 0 aromatic carbocycles. The van der Waals surface area contributed by atoms with Gasteiger partial charge in [0.15, 0.2) is 5.15 Å². The van der Waals surface area contributed by atoms with Crippen molar-refractivity contribution in [3.8, 4) is 0 Å². The van der Waals surface area contributed by atoms with Gasteiger partial charge in [0.1, 0.15) is 10.0 Å². The molecule has 1 unspecified atom stereocenters. The zero-order valence-electron chi connectivity index (χ0n) is 12.8. The molecule has 7 heteroatoms. The Balaban J connectivity index is 3.00. The molecule has 0 radical (unpaired) electrons. The van der Waals surface area contributed by atoms with E-state index < -0.39 is 10.8 Å². The zero-order chi connectivity index (χ0) is 16.7. The Labute approximate surface area is 142 Å². The molecule has 0 bridgehead atoms. The number of nitrogens with zero attached hydrogens (tertiary/aromatic N) is 2. The van der Waals surface area contributed by atoms with Crippen molar-refractivity contribution in [2.24, 2.45) is 0 Å². The molecule has 120 valence electrons. The zero-order valence-corrected chi connectivity index (χ0v) is 15.2. The molecular weight excluding hydrogens is 340 g/mol. The number of carbonyl (C=O) groups excluding carboxylic acids is 1. The molecule has 4 nitrogen and oxygen atoms in total. The Morgan fingerprint density at radius 3 is 2.77 bits per heavy atom. The number of halogens is 1. The summed E-state index contributed by atoms with van der Waals surface area (Å²) in [6, 6.07) is 0. The maximum absolute atomic E-state index is 12.1. The van der Waals surface area contributed by atoms with Gasteiger partial charge in [-0.25, -0.2) is 4.98 Å². The van der Waals surface area contributed by atoms with Crippen molar-refractivity contribution in [3.63, 3.8) is 0 Å². The number of amides is 1. The third-order valence-electron chi connectivity index (χ3n) is 2.79. The number of carbonyl (C=O) groups is 1. The fraction of sp³-hybridized carbons (Fsp3) is 0.333. The Hall–Kier alpha value is -1.24. The lowest BCUT2D eigenvalue weighted by Crippen LogP contribution is -2.26. The van der Waals surface area contributed by atoms with E-state index in [9.17, 15) is 9.00 Å². The molecule has 1 heterocycles. The average molecular weight is 359 g/mol. The molecular formula is C15H19ClN2O2S2. The highest BCUT2D eigenvalue weighted by atomic mass is 35.5. The summed E-state index contributed by atoms with van der Waals surface area (Å²) in [4.78, 5) is 17.8. The predicted octanol–water partition coefficient (Wildman–Crippen LogP) is 3.67. The lowest BCUT2D eigenvalue weighted by molar-refractivity contribution is -0.117. The maximum atomic E-state index is 12.1. The second-order valence-electron chi connectivity index (χ2n) is 4.45. The van der Waals surface area contributed by atoms with Crippen LogP contribution in [0.25, 0.3) is 5.57 Å². The number of hydrogen-bond acceptors (Lipinski definition) is 4. The summed E-state index contributed by atoms with van der Waals surface area (Å²) in [6.45, 7) is 5.68. The van der Waals surface area contributed by atoms with Crippen LogP contribution in [0.2, 0.25) is 5.15 Å². The van der Waals surface area contributed by atoms with Gasteiger partial charge in [0.2, 0.25) is 5.91 Å². The van der Waals surface area contributed by atoms with E-state index in [1.165, 1.54) is 16.2 Å². The molecule has 0 aliphatic rings. The van der Waals surface area contributed by atoms with Gasteiger partial charge in [-0.15, -0.1) is 0 Å². The first-order chi connectivity index (χ1) is 10.4. The molecule has 1 aromatic rings. The summed E-state index contributed by atoms with van der Waals surface area (Å²) in [6.07, 6.45) is 9.16. The van der Waals surface area contributed by atoms with Gasteiger partial charge >= 0.3 is 0 Å². The molecule has 0 saturated heterocycles. The number of hydrogen-bond donors (Lipinski definition) is 0. The van der Waals surface area contributed by atoms with Crippen LogP contribution >= 0.6 is 22.9 Å². The average Bonchev–Trinajstić information content (AvgIpc) is 2.86. The number of anilines is 1. The normalized spacial score (nSPS) is 13.4. The van der Waals surface area contributed by atoms with Crippen molar-refractivity contribution >= 4 is 50.2 Å². The lowest BCUT2D eigenvalue weighted by Gasteiger charge is -2.14. The van der Waals surface area contributed by atoms with Crippen molar-refractivity contribution in [2.45, 2.75) is 13.3 Å². The van der Waals surface area contributed by atoms with Crippen molar-refractivity contribution in [1.82, 2.24) is 4.98 Å². The Morgan fingerprint density at radius 1 is 1.55 bits per heavy atom. The topological polar surface area (TPSA) is 50.3 Å². The first-order valence-corrected chi connectivity index (χ1v) is 9.51. The molecule has 0 fully saturated rings. The van der Waals surface area contributed by atoms with Gasteiger partial charge in [0.25, 0.3) is 0 Å². The Bertz CT molecular complexity index is 635. The summed E-state index contributed by atoms with van der Waals surface area (Å²) in [5, 5.41) is 1.56. The van der Waals surface area contributed by atoms with Crippen molar-refractivity contribution in [3.05, 3.63) is 41.0 Å². The number of allylic oxidation sites excluding steroid dienone is 5. The van der Waals surface area contributed by atoms with Crippen molar-refractivity contribution in [1.29, 1.82) is 0 Å². The van der Waals surface area contributed by atoms with Crippen LogP contribution in [0.1, 0.15) is 18.4 Å². The van der Waals surface area contributed by atoms with Crippen LogP contribution in [-0.2, 0) is 15.6 Å². The van der Waals surface area contributed by atoms with Crippen LogP contribution in [0.4, 0.5) is 5.00 Å². The van der Waals surface area contributed by atoms with E-state index in [2.05, 4.69) is 11.6 Å². The van der Waals surface area contributed by atoms with E-state index in [1.54, 1.807) is 19.4 Å². The quantitative estimate of drug-likeness (QED) is 0.699. The molecule has 0 N–H and O–H groups in total. The lowest BCUT2D eigenvalue weighted by atomic mass is 10.2. The minimum absolute atomic E-state index is 0.134. The van der Waals surface area contributed by atoms with E-state index in [-0.39, 0.29) is 17.5 Å². The largest absolute Gasteiger partial charge is 0.304 e. The van der Waals surface area contributed by atoms with Gasteiger partial charge in [-0.3, -0.25) is 9.00 Å². The third kappa shape index (κ3) is 5.19. The summed E-state index contributed by atoms with van der Waals surface area (Å²) >= 11 is 7.47. The highest BCUT2D eigenvalue weighted by Gasteiger charge is 2.19. The number of thiazole rings is 1. The Kier molecular flexibility index (Phi) is 7.72. The first-order valence-electron chi connectivity index (χ1n) is 6.59. The van der Waals surface area contributed by atoms with Crippen LogP contribution in [0.3, 0.4) is 0 Å². The summed E-state index contributed by atoms with van der Waals surface area (Å²) < 4.78 is 11.1. The van der Waals surface area contributed by atoms with Crippen molar-refractivity contribution in [2.75, 3.05) is 24.0 Å². The van der Waals surface area contributed by atoms with Gasteiger partial charge in [-0.05, 0) is 6.92 Å². The van der Waals surface area contributed by atoms with E-state index in [4.69, 9.17) is 11.6 Å². The summed E-state index contributed by atoms with van der Waals surface area (Å²) in [7, 11) is 0.652. The SMILES string of the molecule is C=C/C(=C\C=C/C)c1nc(Cl)c(N(C)C(=O)CCS(C)=O)s1. The molecule has 1 rings (SSSR count). The predicted molar refractivity (Wildman–Crippen MR) is 97.1 cm³/mol. The van der Waals surface area contributed by atoms with E-state index in [0.717, 1.165) is 5.57 Å². The fourth-order valence-electron chi connectivity index (χ4n) is 1.56. The number of rotatable bonds is 7. The van der Waals surface area contributed by atoms with Crippen LogP contribution < -0.4 is 4.90 Å².